The summed E-state index contributed by atoms with van der Waals surface area (Å²) in [7, 11) is 0. The summed E-state index contributed by atoms with van der Waals surface area (Å²) >= 11 is 8.83. The average molecular weight is 371 g/mol. The average Bonchev–Trinajstić information content (AvgIpc) is 3.19. The van der Waals surface area contributed by atoms with Gasteiger partial charge in [-0.15, -0.1) is 22.7 Å². The second-order valence-corrected chi connectivity index (χ2v) is 8.23. The molecule has 122 valence electrons. The van der Waals surface area contributed by atoms with Gasteiger partial charge in [0.1, 0.15) is 10.5 Å². The second kappa shape index (κ2) is 6.22. The van der Waals surface area contributed by atoms with Crippen LogP contribution in [0.3, 0.4) is 0 Å². The van der Waals surface area contributed by atoms with Gasteiger partial charge in [-0.25, -0.2) is 9.78 Å². The van der Waals surface area contributed by atoms with Crippen molar-refractivity contribution in [3.8, 4) is 9.88 Å². The van der Waals surface area contributed by atoms with Crippen LogP contribution in [-0.4, -0.2) is 39.0 Å². The van der Waals surface area contributed by atoms with Crippen LogP contribution in [0.25, 0.3) is 9.88 Å². The molecule has 1 aliphatic rings. The molecule has 1 saturated heterocycles. The number of amides is 1. The molecule has 2 aromatic rings. The highest BCUT2D eigenvalue weighted by Crippen LogP contribution is 2.34. The van der Waals surface area contributed by atoms with E-state index in [1.165, 1.54) is 27.6 Å². The molecule has 0 saturated carbocycles. The molecule has 1 fully saturated rings. The smallest absolute Gasteiger partial charge is 0.329 e. The van der Waals surface area contributed by atoms with Crippen LogP contribution in [-0.2, 0) is 16.0 Å². The highest BCUT2D eigenvalue weighted by atomic mass is 35.5. The normalized spacial score (nSPS) is 20.9. The first-order valence-electron chi connectivity index (χ1n) is 7.14. The van der Waals surface area contributed by atoms with Crippen molar-refractivity contribution in [2.24, 2.45) is 0 Å². The van der Waals surface area contributed by atoms with Gasteiger partial charge in [-0.05, 0) is 31.9 Å². The molecule has 1 amide bonds. The number of halogens is 1. The number of carboxylic acid groups (broad SMARTS) is 1. The first-order chi connectivity index (χ1) is 10.9. The molecule has 0 spiro atoms. The van der Waals surface area contributed by atoms with Crippen LogP contribution >= 0.6 is 34.3 Å². The van der Waals surface area contributed by atoms with Crippen molar-refractivity contribution in [3.05, 3.63) is 27.5 Å². The van der Waals surface area contributed by atoms with Gasteiger partial charge in [-0.1, -0.05) is 11.6 Å². The quantitative estimate of drug-likeness (QED) is 0.893. The number of thiazole rings is 1. The Hall–Kier alpha value is -1.44. The van der Waals surface area contributed by atoms with E-state index in [4.69, 9.17) is 11.6 Å². The Bertz CT molecular complexity index is 757. The van der Waals surface area contributed by atoms with Gasteiger partial charge in [0.05, 0.1) is 21.3 Å². The van der Waals surface area contributed by atoms with Gasteiger partial charge in [-0.3, -0.25) is 4.79 Å². The third kappa shape index (κ3) is 3.13. The number of carbonyl (C=O) groups excluding carboxylic acids is 1. The molecule has 8 heteroatoms. The second-order valence-electron chi connectivity index (χ2n) is 5.65. The minimum Gasteiger partial charge on any atom is -0.480 e. The summed E-state index contributed by atoms with van der Waals surface area (Å²) in [6.45, 7) is 2.10. The summed E-state index contributed by atoms with van der Waals surface area (Å²) < 4.78 is 0.696. The van der Waals surface area contributed by atoms with E-state index in [1.807, 2.05) is 17.5 Å². The first-order valence-corrected chi connectivity index (χ1v) is 9.21. The lowest BCUT2D eigenvalue weighted by Crippen LogP contribution is -2.51. The molecule has 3 heterocycles. The zero-order chi connectivity index (χ0) is 16.6. The molecular formula is C15H15ClN2O3S2. The Morgan fingerprint density at radius 2 is 2.26 bits per heavy atom. The summed E-state index contributed by atoms with van der Waals surface area (Å²) in [5, 5.41) is 12.1. The fourth-order valence-corrected chi connectivity index (χ4v) is 4.70. The van der Waals surface area contributed by atoms with Crippen molar-refractivity contribution in [1.82, 2.24) is 9.88 Å². The molecule has 1 unspecified atom stereocenters. The fraction of sp³-hybridized carbons (Fsp3) is 0.400. The van der Waals surface area contributed by atoms with E-state index in [0.717, 1.165) is 9.88 Å². The SMILES string of the molecule is CC1(C(=O)O)CCCN1C(=O)Cc1csc(-c2ccc(Cl)s2)n1. The zero-order valence-electron chi connectivity index (χ0n) is 12.4. The molecule has 0 aromatic carbocycles. The molecular weight excluding hydrogens is 356 g/mol. The molecule has 0 aliphatic carbocycles. The molecule has 0 radical (unpaired) electrons. The van der Waals surface area contributed by atoms with Crippen molar-refractivity contribution < 1.29 is 14.7 Å². The lowest BCUT2D eigenvalue weighted by molar-refractivity contribution is -0.155. The van der Waals surface area contributed by atoms with Crippen LogP contribution in [0.5, 0.6) is 0 Å². The molecule has 1 atom stereocenters. The third-order valence-electron chi connectivity index (χ3n) is 4.07. The highest BCUT2D eigenvalue weighted by molar-refractivity contribution is 7.23. The Morgan fingerprint density at radius 1 is 1.48 bits per heavy atom. The zero-order valence-corrected chi connectivity index (χ0v) is 14.8. The van der Waals surface area contributed by atoms with Crippen LogP contribution in [0, 0.1) is 0 Å². The van der Waals surface area contributed by atoms with Crippen LogP contribution in [0.4, 0.5) is 0 Å². The number of rotatable bonds is 4. The summed E-state index contributed by atoms with van der Waals surface area (Å²) in [6, 6.07) is 3.72. The summed E-state index contributed by atoms with van der Waals surface area (Å²) in [4.78, 5) is 30.9. The predicted octanol–water partition coefficient (Wildman–Crippen LogP) is 3.53. The van der Waals surface area contributed by atoms with Gasteiger partial charge in [-0.2, -0.15) is 0 Å². The maximum atomic E-state index is 12.5. The number of carboxylic acids is 1. The molecule has 3 rings (SSSR count). The van der Waals surface area contributed by atoms with Crippen molar-refractivity contribution in [2.75, 3.05) is 6.54 Å². The van der Waals surface area contributed by atoms with Gasteiger partial charge in [0.2, 0.25) is 5.91 Å². The molecule has 1 aliphatic heterocycles. The van der Waals surface area contributed by atoms with Gasteiger partial charge in [0.25, 0.3) is 0 Å². The van der Waals surface area contributed by atoms with Crippen LogP contribution < -0.4 is 0 Å². The summed E-state index contributed by atoms with van der Waals surface area (Å²) in [5.41, 5.74) is -0.434. The number of hydrogen-bond donors (Lipinski definition) is 1. The van der Waals surface area contributed by atoms with Crippen molar-refractivity contribution >= 4 is 46.2 Å². The minimum absolute atomic E-state index is 0.123. The Morgan fingerprint density at radius 3 is 2.91 bits per heavy atom. The fourth-order valence-electron chi connectivity index (χ4n) is 2.77. The molecule has 1 N–H and O–H groups in total. The monoisotopic (exact) mass is 370 g/mol. The lowest BCUT2D eigenvalue weighted by Gasteiger charge is -2.31. The van der Waals surface area contributed by atoms with Gasteiger partial charge >= 0.3 is 5.97 Å². The van der Waals surface area contributed by atoms with E-state index >= 15 is 0 Å². The Balaban J connectivity index is 1.74. The topological polar surface area (TPSA) is 70.5 Å². The molecule has 5 nitrogen and oxygen atoms in total. The number of likely N-dealkylation sites (tertiary alicyclic amines) is 1. The Kier molecular flexibility index (Phi) is 4.44. The van der Waals surface area contributed by atoms with Crippen LogP contribution in [0.1, 0.15) is 25.5 Å². The number of nitrogens with zero attached hydrogens (tertiary/aromatic N) is 2. The molecule has 23 heavy (non-hydrogen) atoms. The largest absolute Gasteiger partial charge is 0.480 e. The van der Waals surface area contributed by atoms with E-state index < -0.39 is 11.5 Å². The highest BCUT2D eigenvalue weighted by Gasteiger charge is 2.45. The first kappa shape index (κ1) is 16.4. The van der Waals surface area contributed by atoms with Crippen molar-refractivity contribution in [3.63, 3.8) is 0 Å². The van der Waals surface area contributed by atoms with E-state index in [-0.39, 0.29) is 12.3 Å². The predicted molar refractivity (Wildman–Crippen MR) is 91.1 cm³/mol. The third-order valence-corrected chi connectivity index (χ3v) is 6.36. The Labute approximate surface area is 146 Å². The van der Waals surface area contributed by atoms with Gasteiger partial charge in [0.15, 0.2) is 0 Å². The number of aromatic nitrogens is 1. The number of hydrogen-bond acceptors (Lipinski definition) is 5. The summed E-state index contributed by atoms with van der Waals surface area (Å²) in [5.74, 6) is -1.14. The standard InChI is InChI=1S/C15H15ClN2O3S2/c1-15(14(20)21)5-2-6-18(15)12(19)7-9-8-22-13(17-9)10-3-4-11(16)23-10/h3-4,8H,2,5-7H2,1H3,(H,20,21). The van der Waals surface area contributed by atoms with Crippen LogP contribution in [0.2, 0.25) is 4.34 Å². The number of thiophene rings is 1. The summed E-state index contributed by atoms with van der Waals surface area (Å²) in [6.07, 6.45) is 1.33. The van der Waals surface area contributed by atoms with E-state index in [0.29, 0.717) is 29.4 Å². The minimum atomic E-state index is -1.10. The van der Waals surface area contributed by atoms with E-state index in [1.54, 1.807) is 6.92 Å². The number of aliphatic carboxylic acids is 1. The molecule has 0 bridgehead atoms. The van der Waals surface area contributed by atoms with Crippen molar-refractivity contribution in [2.45, 2.75) is 31.7 Å². The van der Waals surface area contributed by atoms with Gasteiger partial charge in [0, 0.05) is 11.9 Å². The molecule has 2 aromatic heterocycles. The maximum absolute atomic E-state index is 12.5. The van der Waals surface area contributed by atoms with Crippen LogP contribution in [0.15, 0.2) is 17.5 Å². The van der Waals surface area contributed by atoms with Gasteiger partial charge < -0.3 is 10.0 Å². The lowest BCUT2D eigenvalue weighted by atomic mass is 9.99. The maximum Gasteiger partial charge on any atom is 0.329 e. The van der Waals surface area contributed by atoms with Crippen molar-refractivity contribution in [1.29, 1.82) is 0 Å². The van der Waals surface area contributed by atoms with E-state index in [2.05, 4.69) is 4.98 Å². The van der Waals surface area contributed by atoms with E-state index in [9.17, 15) is 14.7 Å². The number of carbonyl (C=O) groups is 2.